The van der Waals surface area contributed by atoms with Gasteiger partial charge in [0.25, 0.3) is 0 Å². The fraction of sp³-hybridized carbons (Fsp3) is 0.562. The molecule has 1 aromatic rings. The summed E-state index contributed by atoms with van der Waals surface area (Å²) in [5.41, 5.74) is 7.67. The van der Waals surface area contributed by atoms with Crippen LogP contribution in [0.15, 0.2) is 18.2 Å². The van der Waals surface area contributed by atoms with Crippen molar-refractivity contribution >= 4 is 5.97 Å². The Morgan fingerprint density at radius 2 is 1.85 bits per heavy atom. The summed E-state index contributed by atoms with van der Waals surface area (Å²) >= 11 is 0. The number of hydrogen-bond acceptors (Lipinski definition) is 3. The average Bonchev–Trinajstić information content (AvgIpc) is 2.42. The van der Waals surface area contributed by atoms with Gasteiger partial charge in [0.2, 0.25) is 0 Å². The first-order chi connectivity index (χ1) is 9.62. The second-order valence-electron chi connectivity index (χ2n) is 4.61. The molecule has 0 spiro atoms. The maximum absolute atomic E-state index is 11.1. The molecule has 0 atom stereocenters. The summed E-state index contributed by atoms with van der Waals surface area (Å²) < 4.78 is 0. The summed E-state index contributed by atoms with van der Waals surface area (Å²) in [7, 11) is 0. The lowest BCUT2D eigenvalue weighted by atomic mass is 9.94. The van der Waals surface area contributed by atoms with Crippen LogP contribution in [0.1, 0.15) is 54.6 Å². The molecule has 0 amide bonds. The first-order valence-electron chi connectivity index (χ1n) is 7.27. The molecule has 1 rings (SSSR count). The molecule has 4 N–H and O–H groups in total. The number of aromatic carboxylic acids is 1. The van der Waals surface area contributed by atoms with Gasteiger partial charge in [0, 0.05) is 6.61 Å². The molecule has 0 saturated heterocycles. The number of hydrogen-bond donors (Lipinski definition) is 3. The van der Waals surface area contributed by atoms with Crippen molar-refractivity contribution in [3.05, 3.63) is 34.9 Å². The highest BCUT2D eigenvalue weighted by atomic mass is 16.4. The van der Waals surface area contributed by atoms with Crippen molar-refractivity contribution in [2.75, 3.05) is 13.2 Å². The van der Waals surface area contributed by atoms with E-state index in [9.17, 15) is 4.79 Å². The highest BCUT2D eigenvalue weighted by Gasteiger charge is 2.12. The Bertz CT molecular complexity index is 389. The molecule has 0 aliphatic rings. The van der Waals surface area contributed by atoms with Crippen LogP contribution in [-0.2, 0) is 12.8 Å². The number of carboxylic acid groups (broad SMARTS) is 1. The van der Waals surface area contributed by atoms with E-state index in [0.29, 0.717) is 12.1 Å². The Labute approximate surface area is 121 Å². The summed E-state index contributed by atoms with van der Waals surface area (Å²) in [6.45, 7) is 5.00. The third-order valence-corrected chi connectivity index (χ3v) is 2.89. The molecule has 0 heterocycles. The van der Waals surface area contributed by atoms with Crippen molar-refractivity contribution < 1.29 is 15.0 Å². The van der Waals surface area contributed by atoms with Crippen LogP contribution in [-0.4, -0.2) is 29.3 Å². The molecule has 0 aliphatic carbocycles. The van der Waals surface area contributed by atoms with E-state index in [1.54, 1.807) is 6.07 Å². The Hall–Kier alpha value is -1.39. The molecule has 114 valence electrons. The first kappa shape index (κ1) is 18.6. The van der Waals surface area contributed by atoms with E-state index < -0.39 is 5.97 Å². The molecule has 0 fully saturated rings. The number of nitrogens with two attached hydrogens (primary N) is 1. The van der Waals surface area contributed by atoms with Crippen molar-refractivity contribution in [3.63, 3.8) is 0 Å². The molecule has 0 aliphatic heterocycles. The molecule has 0 bridgehead atoms. The fourth-order valence-corrected chi connectivity index (χ4v) is 1.98. The van der Waals surface area contributed by atoms with Crippen LogP contribution in [0.25, 0.3) is 0 Å². The van der Waals surface area contributed by atoms with Crippen molar-refractivity contribution in [2.45, 2.75) is 46.0 Å². The lowest BCUT2D eigenvalue weighted by molar-refractivity contribution is 0.0695. The standard InChI is InChI=1S/C13H18O2.C3H9NO/c1-3-6-10-8-5-9-12(13(14)15)11(10)7-4-2;4-2-1-3-5/h5,8-9H,3-4,6-7H2,1-2H3,(H,14,15);5H,1-4H2. The fourth-order valence-electron chi connectivity index (χ4n) is 1.98. The zero-order chi connectivity index (χ0) is 15.4. The zero-order valence-corrected chi connectivity index (χ0v) is 12.6. The molecule has 20 heavy (non-hydrogen) atoms. The van der Waals surface area contributed by atoms with E-state index in [4.69, 9.17) is 15.9 Å². The Morgan fingerprint density at radius 3 is 2.25 bits per heavy atom. The minimum atomic E-state index is -0.809. The van der Waals surface area contributed by atoms with Gasteiger partial charge in [-0.05, 0) is 43.0 Å². The van der Waals surface area contributed by atoms with Crippen LogP contribution in [0.5, 0.6) is 0 Å². The first-order valence-corrected chi connectivity index (χ1v) is 7.27. The summed E-state index contributed by atoms with van der Waals surface area (Å²) in [5, 5.41) is 17.1. The summed E-state index contributed by atoms with van der Waals surface area (Å²) in [5.74, 6) is -0.809. The lowest BCUT2D eigenvalue weighted by Gasteiger charge is -2.10. The second-order valence-corrected chi connectivity index (χ2v) is 4.61. The topological polar surface area (TPSA) is 83.5 Å². The number of benzene rings is 1. The van der Waals surface area contributed by atoms with Gasteiger partial charge in [-0.25, -0.2) is 4.79 Å². The summed E-state index contributed by atoms with van der Waals surface area (Å²) in [4.78, 5) is 11.1. The van der Waals surface area contributed by atoms with Crippen LogP contribution in [0.3, 0.4) is 0 Å². The van der Waals surface area contributed by atoms with Gasteiger partial charge in [-0.15, -0.1) is 0 Å². The van der Waals surface area contributed by atoms with Crippen LogP contribution in [0.2, 0.25) is 0 Å². The molecule has 1 aromatic carbocycles. The molecular formula is C16H27NO3. The Balaban J connectivity index is 0.000000621. The van der Waals surface area contributed by atoms with Gasteiger partial charge in [0.1, 0.15) is 0 Å². The lowest BCUT2D eigenvalue weighted by Crippen LogP contribution is -2.05. The molecule has 4 heteroatoms. The van der Waals surface area contributed by atoms with Gasteiger partial charge in [-0.2, -0.15) is 0 Å². The number of aliphatic hydroxyl groups excluding tert-OH is 1. The van der Waals surface area contributed by atoms with E-state index in [-0.39, 0.29) is 6.61 Å². The molecular weight excluding hydrogens is 254 g/mol. The Morgan fingerprint density at radius 1 is 1.20 bits per heavy atom. The number of carboxylic acids is 1. The summed E-state index contributed by atoms with van der Waals surface area (Å²) in [6, 6.07) is 5.58. The van der Waals surface area contributed by atoms with E-state index in [2.05, 4.69) is 13.8 Å². The third kappa shape index (κ3) is 6.68. The number of aliphatic hydroxyl groups is 1. The van der Waals surface area contributed by atoms with E-state index in [0.717, 1.165) is 37.7 Å². The minimum Gasteiger partial charge on any atom is -0.478 e. The molecule has 0 radical (unpaired) electrons. The predicted molar refractivity (Wildman–Crippen MR) is 82.1 cm³/mol. The van der Waals surface area contributed by atoms with Crippen molar-refractivity contribution in [3.8, 4) is 0 Å². The van der Waals surface area contributed by atoms with Crippen molar-refractivity contribution in [1.82, 2.24) is 0 Å². The largest absolute Gasteiger partial charge is 0.478 e. The van der Waals surface area contributed by atoms with Gasteiger partial charge in [0.15, 0.2) is 0 Å². The quantitative estimate of drug-likeness (QED) is 0.717. The van der Waals surface area contributed by atoms with E-state index in [1.807, 2.05) is 12.1 Å². The minimum absolute atomic E-state index is 0.219. The van der Waals surface area contributed by atoms with Gasteiger partial charge in [-0.1, -0.05) is 38.8 Å². The maximum Gasteiger partial charge on any atom is 0.335 e. The normalized spacial score (nSPS) is 9.80. The van der Waals surface area contributed by atoms with E-state index >= 15 is 0 Å². The third-order valence-electron chi connectivity index (χ3n) is 2.89. The number of rotatable bonds is 7. The second kappa shape index (κ2) is 11.4. The number of aryl methyl sites for hydroxylation is 1. The zero-order valence-electron chi connectivity index (χ0n) is 12.6. The highest BCUT2D eigenvalue weighted by molar-refractivity contribution is 5.89. The van der Waals surface area contributed by atoms with Crippen molar-refractivity contribution in [1.29, 1.82) is 0 Å². The molecule has 0 aromatic heterocycles. The van der Waals surface area contributed by atoms with Crippen LogP contribution >= 0.6 is 0 Å². The van der Waals surface area contributed by atoms with E-state index in [1.165, 1.54) is 5.56 Å². The smallest absolute Gasteiger partial charge is 0.335 e. The molecule has 4 nitrogen and oxygen atoms in total. The van der Waals surface area contributed by atoms with Gasteiger partial charge >= 0.3 is 5.97 Å². The summed E-state index contributed by atoms with van der Waals surface area (Å²) in [6.07, 6.45) is 4.59. The van der Waals surface area contributed by atoms with Gasteiger partial charge in [0.05, 0.1) is 5.56 Å². The SMILES string of the molecule is CCCc1cccc(C(=O)O)c1CCC.NCCCO. The van der Waals surface area contributed by atoms with Crippen LogP contribution in [0, 0.1) is 0 Å². The average molecular weight is 281 g/mol. The maximum atomic E-state index is 11.1. The van der Waals surface area contributed by atoms with Gasteiger partial charge < -0.3 is 15.9 Å². The highest BCUT2D eigenvalue weighted by Crippen LogP contribution is 2.18. The molecule has 0 unspecified atom stereocenters. The van der Waals surface area contributed by atoms with Crippen molar-refractivity contribution in [2.24, 2.45) is 5.73 Å². The predicted octanol–water partition coefficient (Wildman–Crippen LogP) is 2.62. The monoisotopic (exact) mass is 281 g/mol. The molecule has 0 saturated carbocycles. The number of carbonyl (C=O) groups is 1. The van der Waals surface area contributed by atoms with Crippen LogP contribution in [0.4, 0.5) is 0 Å². The van der Waals surface area contributed by atoms with Gasteiger partial charge in [-0.3, -0.25) is 0 Å². The Kier molecular flexibility index (Phi) is 10.6. The van der Waals surface area contributed by atoms with Crippen LogP contribution < -0.4 is 5.73 Å².